The Balaban J connectivity index is 3.03. The average molecular weight is 292 g/mol. The highest BCUT2D eigenvalue weighted by molar-refractivity contribution is 7.93. The molecule has 0 aliphatic rings. The Labute approximate surface area is 109 Å². The monoisotopic (exact) mass is 291 g/mol. The molecule has 0 spiro atoms. The van der Waals surface area contributed by atoms with Crippen molar-refractivity contribution < 1.29 is 4.21 Å². The maximum absolute atomic E-state index is 12.4. The van der Waals surface area contributed by atoms with Gasteiger partial charge in [0.15, 0.2) is 9.92 Å². The van der Waals surface area contributed by atoms with Crippen LogP contribution in [0.25, 0.3) is 0 Å². The van der Waals surface area contributed by atoms with Gasteiger partial charge in [-0.05, 0) is 12.0 Å². The largest absolute Gasteiger partial charge is 0.247 e. The third kappa shape index (κ3) is 3.37. The van der Waals surface area contributed by atoms with Gasteiger partial charge in [-0.1, -0.05) is 33.9 Å². The summed E-state index contributed by atoms with van der Waals surface area (Å²) in [6.45, 7) is 12.4. The third-order valence-electron chi connectivity index (χ3n) is 3.12. The molecule has 0 saturated heterocycles. The fraction of sp³-hybridized carbons (Fsp3) is 0.700. The molecule has 17 heavy (non-hydrogen) atoms. The van der Waals surface area contributed by atoms with Crippen LogP contribution in [0.3, 0.4) is 0 Å². The topological polar surface area (TPSA) is 65.8 Å². The summed E-state index contributed by atoms with van der Waals surface area (Å²) in [7, 11) is -4.92. The zero-order valence-corrected chi connectivity index (χ0v) is 13.9. The van der Waals surface area contributed by atoms with Crippen molar-refractivity contribution in [1.29, 1.82) is 4.78 Å². The molecule has 0 fully saturated rings. The lowest BCUT2D eigenvalue weighted by Gasteiger charge is -2.37. The van der Waals surface area contributed by atoms with Crippen LogP contribution in [0.15, 0.2) is 9.72 Å². The Morgan fingerprint density at radius 1 is 1.47 bits per heavy atom. The van der Waals surface area contributed by atoms with Crippen LogP contribution in [0.2, 0.25) is 18.1 Å². The molecule has 0 saturated carbocycles. The van der Waals surface area contributed by atoms with Crippen molar-refractivity contribution >= 4 is 29.5 Å². The summed E-state index contributed by atoms with van der Waals surface area (Å²) < 4.78 is 23.9. The van der Waals surface area contributed by atoms with Gasteiger partial charge in [0.1, 0.15) is 8.24 Å². The second kappa shape index (κ2) is 4.45. The smallest absolute Gasteiger partial charge is 0.203 e. The molecule has 1 unspecified atom stereocenters. The zero-order valence-electron chi connectivity index (χ0n) is 11.2. The van der Waals surface area contributed by atoms with Crippen LogP contribution >= 0.6 is 11.3 Å². The highest BCUT2D eigenvalue weighted by atomic mass is 32.2. The number of hydrogen-bond donors (Lipinski definition) is 2. The van der Waals surface area contributed by atoms with Crippen molar-refractivity contribution in [2.75, 3.05) is 0 Å². The predicted octanol–water partition coefficient (Wildman–Crippen LogP) is 3.37. The molecule has 0 amide bonds. The molecule has 0 aliphatic heterocycles. The highest BCUT2D eigenvalue weighted by Crippen LogP contribution is 2.35. The van der Waals surface area contributed by atoms with Crippen molar-refractivity contribution in [1.82, 2.24) is 9.37 Å². The summed E-state index contributed by atoms with van der Waals surface area (Å²) in [4.78, 5) is 4.16. The van der Waals surface area contributed by atoms with Gasteiger partial charge in [0.05, 0.1) is 0 Å². The van der Waals surface area contributed by atoms with E-state index in [-0.39, 0.29) is 5.04 Å². The van der Waals surface area contributed by atoms with E-state index in [1.54, 1.807) is 0 Å². The lowest BCUT2D eigenvalue weighted by Crippen LogP contribution is -2.54. The average Bonchev–Trinajstić information content (AvgIpc) is 2.48. The summed E-state index contributed by atoms with van der Waals surface area (Å²) in [5.74, 6) is 0. The van der Waals surface area contributed by atoms with Gasteiger partial charge in [-0.15, -0.1) is 11.3 Å². The molecule has 1 heterocycles. The van der Waals surface area contributed by atoms with Crippen LogP contribution in [-0.2, 0) is 9.92 Å². The first-order valence-electron chi connectivity index (χ1n) is 5.45. The molecule has 98 valence electrons. The van der Waals surface area contributed by atoms with E-state index in [1.807, 2.05) is 12.3 Å². The molecule has 4 nitrogen and oxygen atoms in total. The molecule has 1 atom stereocenters. The van der Waals surface area contributed by atoms with Gasteiger partial charge in [-0.2, -0.15) is 0 Å². The first kappa shape index (κ1) is 14.8. The van der Waals surface area contributed by atoms with Gasteiger partial charge in [0, 0.05) is 11.1 Å². The quantitative estimate of drug-likeness (QED) is 0.839. The maximum atomic E-state index is 12.4. The first-order chi connectivity index (χ1) is 7.46. The Morgan fingerprint density at radius 2 is 2.00 bits per heavy atom. The molecular weight excluding hydrogens is 270 g/mol. The van der Waals surface area contributed by atoms with E-state index >= 15 is 0 Å². The summed E-state index contributed by atoms with van der Waals surface area (Å²) in [6, 6.07) is 0. The Kier molecular flexibility index (Phi) is 3.88. The summed E-state index contributed by atoms with van der Waals surface area (Å²) in [6.07, 6.45) is 0. The minimum absolute atomic E-state index is 0.0447. The van der Waals surface area contributed by atoms with Crippen molar-refractivity contribution in [3.05, 3.63) is 11.1 Å². The summed E-state index contributed by atoms with van der Waals surface area (Å²) >= 11 is 1.29. The normalized spacial score (nSPS) is 16.8. The van der Waals surface area contributed by atoms with Gasteiger partial charge in [-0.25, -0.2) is 18.4 Å². The van der Waals surface area contributed by atoms with Crippen molar-refractivity contribution in [3.63, 3.8) is 0 Å². The lowest BCUT2D eigenvalue weighted by molar-refractivity contribution is 0.664. The van der Waals surface area contributed by atoms with Crippen molar-refractivity contribution in [2.24, 2.45) is 0 Å². The molecule has 7 heteroatoms. The molecule has 0 radical (unpaired) electrons. The van der Waals surface area contributed by atoms with E-state index < -0.39 is 18.2 Å². The van der Waals surface area contributed by atoms with E-state index in [1.165, 1.54) is 11.3 Å². The number of aryl methyl sites for hydroxylation is 1. The molecule has 2 N–H and O–H groups in total. The fourth-order valence-electron chi connectivity index (χ4n) is 1.02. The zero-order chi connectivity index (χ0) is 13.5. The number of hydrogen-bond acceptors (Lipinski definition) is 4. The van der Waals surface area contributed by atoms with Crippen LogP contribution in [0, 0.1) is 11.7 Å². The predicted molar refractivity (Wildman–Crippen MR) is 76.3 cm³/mol. The number of nitrogens with one attached hydrogen (secondary N) is 2. The van der Waals surface area contributed by atoms with Crippen LogP contribution < -0.4 is 4.39 Å². The summed E-state index contributed by atoms with van der Waals surface area (Å²) in [5, 5.41) is 1.87. The Morgan fingerprint density at radius 3 is 2.35 bits per heavy atom. The highest BCUT2D eigenvalue weighted by Gasteiger charge is 2.38. The minimum atomic E-state index is -2.96. The van der Waals surface area contributed by atoms with Crippen LogP contribution in [0.5, 0.6) is 0 Å². The molecule has 0 bridgehead atoms. The number of aromatic nitrogens is 1. The second-order valence-electron chi connectivity index (χ2n) is 5.79. The summed E-state index contributed by atoms with van der Waals surface area (Å²) in [5.41, 5.74) is 0.821. The van der Waals surface area contributed by atoms with Crippen LogP contribution in [-0.4, -0.2) is 17.4 Å². The third-order valence-corrected chi connectivity index (χ3v) is 12.4. The number of nitrogens with zero attached hydrogens (tertiary/aromatic N) is 1. The number of rotatable bonds is 3. The first-order valence-corrected chi connectivity index (χ1v) is 10.9. The van der Waals surface area contributed by atoms with E-state index in [4.69, 9.17) is 4.78 Å². The van der Waals surface area contributed by atoms with E-state index in [2.05, 4.69) is 43.2 Å². The SMILES string of the molecule is Cc1csc(S(=N)(=O)N[Si](C)(C)C(C)(C)C)n1. The Hall–Kier alpha value is -0.243. The fourth-order valence-corrected chi connectivity index (χ4v) is 7.32. The van der Waals surface area contributed by atoms with Crippen molar-refractivity contribution in [3.8, 4) is 0 Å². The van der Waals surface area contributed by atoms with Crippen LogP contribution in [0.4, 0.5) is 0 Å². The van der Waals surface area contributed by atoms with E-state index in [0.29, 0.717) is 4.34 Å². The van der Waals surface area contributed by atoms with Gasteiger partial charge < -0.3 is 0 Å². The van der Waals surface area contributed by atoms with E-state index in [0.717, 1.165) is 5.69 Å². The standard InChI is InChI=1S/C10H21N3OS2Si/c1-8-7-15-9(12-8)16(11,14)13-17(5,6)10(2,3)4/h7H,1-6H3,(H2,11,13,14). The Bertz CT molecular complexity index is 500. The molecule has 0 aromatic carbocycles. The van der Waals surface area contributed by atoms with Crippen molar-refractivity contribution in [2.45, 2.75) is 50.2 Å². The van der Waals surface area contributed by atoms with E-state index in [9.17, 15) is 4.21 Å². The van der Waals surface area contributed by atoms with Gasteiger partial charge in [-0.3, -0.25) is 0 Å². The minimum Gasteiger partial charge on any atom is -0.247 e. The van der Waals surface area contributed by atoms with Crippen LogP contribution in [0.1, 0.15) is 26.5 Å². The maximum Gasteiger partial charge on any atom is 0.203 e. The molecule has 1 rings (SSSR count). The molecule has 0 aliphatic carbocycles. The molecule has 1 aromatic rings. The lowest BCUT2D eigenvalue weighted by atomic mass is 10.2. The molecule has 1 aromatic heterocycles. The van der Waals surface area contributed by atoms with Gasteiger partial charge in [0.2, 0.25) is 4.34 Å². The van der Waals surface area contributed by atoms with Gasteiger partial charge in [0.25, 0.3) is 0 Å². The second-order valence-corrected chi connectivity index (χ2v) is 14.0. The molecular formula is C10H21N3OS2Si. The number of thiazole rings is 1. The van der Waals surface area contributed by atoms with Gasteiger partial charge >= 0.3 is 0 Å².